The van der Waals surface area contributed by atoms with Gasteiger partial charge in [-0.3, -0.25) is 0 Å². The van der Waals surface area contributed by atoms with Crippen molar-refractivity contribution in [3.8, 4) is 6.07 Å². The second-order valence-corrected chi connectivity index (χ2v) is 26.5. The standard InChI is InChI=1S/2C25H22P2.C6H6S.C2H3N.2Cu/c2*1-5-13-22(14-6-1)26(23-15-7-2-8-16-23)21-27(24-17-9-3-10-18-24)25-19-11-4-12-20-25;7-6-4-2-1-3-5-6;1-2-3;;/h2*1-20H,21H2;1-5,7H;1H3;;/q;;;;;+1/p+3. The molecular formula is C58H56Cu2NP4S+4. The Hall–Kier alpha value is -4.55. The van der Waals surface area contributed by atoms with Gasteiger partial charge in [-0.05, 0) is 97.1 Å². The Morgan fingerprint density at radius 1 is 0.303 bits per heavy atom. The fourth-order valence-corrected chi connectivity index (χ4v) is 23.0. The maximum atomic E-state index is 7.32. The summed E-state index contributed by atoms with van der Waals surface area (Å²) < 4.78 is 0. The summed E-state index contributed by atoms with van der Waals surface area (Å²) in [6.07, 6.45) is 0. The summed E-state index contributed by atoms with van der Waals surface area (Å²) in [4.78, 5) is 0.905. The van der Waals surface area contributed by atoms with Crippen LogP contribution in [0.1, 0.15) is 6.92 Å². The fraction of sp³-hybridized carbons (Fsp3) is 0.0517. The summed E-state index contributed by atoms with van der Waals surface area (Å²) in [5.74, 6) is 2.49. The van der Waals surface area contributed by atoms with E-state index >= 15 is 0 Å². The van der Waals surface area contributed by atoms with Crippen molar-refractivity contribution >= 4 is 86.8 Å². The predicted molar refractivity (Wildman–Crippen MR) is 295 cm³/mol. The van der Waals surface area contributed by atoms with E-state index in [0.717, 1.165) is 4.90 Å². The molecule has 1 nitrogen and oxygen atoms in total. The number of benzene rings is 9. The van der Waals surface area contributed by atoms with Crippen LogP contribution in [0, 0.1) is 11.3 Å². The SMILES string of the molecule is CC#N.[Cu+].[Cu].[S-]c1ccccc1.c1ccc([PH+](C[PH+](c2ccccc2)c2ccccc2)c2ccccc2)cc1.c1ccc([PH+](C[PH+](c2ccccc2)c2ccccc2)c2ccccc2)cc1. The molecule has 0 bridgehead atoms. The normalized spacial score (nSPS) is 10.1. The van der Waals surface area contributed by atoms with E-state index in [1.165, 1.54) is 61.2 Å². The Bertz CT molecular complexity index is 2150. The van der Waals surface area contributed by atoms with Crippen molar-refractivity contribution in [1.82, 2.24) is 0 Å². The zero-order valence-corrected chi connectivity index (χ0v) is 43.6. The van der Waals surface area contributed by atoms with Crippen LogP contribution in [0.4, 0.5) is 0 Å². The van der Waals surface area contributed by atoms with Crippen LogP contribution in [0.25, 0.3) is 0 Å². The van der Waals surface area contributed by atoms with Gasteiger partial charge in [-0.15, -0.1) is 0 Å². The van der Waals surface area contributed by atoms with Gasteiger partial charge >= 0.3 is 17.1 Å². The molecule has 0 amide bonds. The minimum absolute atomic E-state index is 0. The maximum absolute atomic E-state index is 7.32. The van der Waals surface area contributed by atoms with Gasteiger partial charge in [-0.1, -0.05) is 176 Å². The molecule has 0 fully saturated rings. The van der Waals surface area contributed by atoms with Crippen molar-refractivity contribution in [2.24, 2.45) is 0 Å². The molecule has 9 rings (SSSR count). The van der Waals surface area contributed by atoms with Crippen LogP contribution >= 0.6 is 31.7 Å². The van der Waals surface area contributed by atoms with Crippen molar-refractivity contribution in [2.45, 2.75) is 11.8 Å². The molecule has 9 aromatic carbocycles. The predicted octanol–water partition coefficient (Wildman–Crippen LogP) is 11.5. The summed E-state index contributed by atoms with van der Waals surface area (Å²) in [7, 11) is -3.39. The summed E-state index contributed by atoms with van der Waals surface area (Å²) in [5, 5.41) is 19.3. The van der Waals surface area contributed by atoms with Gasteiger partial charge in [0.05, 0.1) is 6.07 Å². The smallest absolute Gasteiger partial charge is 0.780 e. The summed E-state index contributed by atoms with van der Waals surface area (Å²) in [6, 6.07) is 100. The van der Waals surface area contributed by atoms with E-state index in [2.05, 4.69) is 243 Å². The molecule has 0 saturated carbocycles. The summed E-state index contributed by atoms with van der Waals surface area (Å²) in [6.45, 7) is 1.43. The quantitative estimate of drug-likeness (QED) is 0.0692. The van der Waals surface area contributed by atoms with E-state index in [4.69, 9.17) is 17.9 Å². The molecule has 337 valence electrons. The van der Waals surface area contributed by atoms with Gasteiger partial charge in [-0.25, -0.2) is 0 Å². The topological polar surface area (TPSA) is 23.8 Å². The van der Waals surface area contributed by atoms with Crippen LogP contribution in [0.3, 0.4) is 0 Å². The third kappa shape index (κ3) is 17.6. The van der Waals surface area contributed by atoms with Crippen LogP contribution < -0.4 is 42.4 Å². The molecule has 0 N–H and O–H groups in total. The number of nitriles is 1. The van der Waals surface area contributed by atoms with Crippen LogP contribution in [0.5, 0.6) is 0 Å². The minimum Gasteiger partial charge on any atom is -0.780 e. The minimum atomic E-state index is -0.847. The van der Waals surface area contributed by atoms with Gasteiger partial charge in [0.25, 0.3) is 0 Å². The molecule has 0 aliphatic carbocycles. The molecule has 0 spiro atoms. The first-order valence-corrected chi connectivity index (χ1v) is 28.8. The Labute approximate surface area is 425 Å². The average Bonchev–Trinajstić information content (AvgIpc) is 3.38. The van der Waals surface area contributed by atoms with E-state index in [0.29, 0.717) is 0 Å². The zero-order chi connectivity index (χ0) is 44.4. The largest absolute Gasteiger partial charge is 1.00 e. The van der Waals surface area contributed by atoms with Gasteiger partial charge in [0.15, 0.2) is 11.8 Å². The molecule has 0 aliphatic rings. The van der Waals surface area contributed by atoms with Gasteiger partial charge < -0.3 is 12.6 Å². The van der Waals surface area contributed by atoms with Crippen molar-refractivity contribution in [3.05, 3.63) is 273 Å². The number of hydrogen-bond donors (Lipinski definition) is 0. The third-order valence-electron chi connectivity index (χ3n) is 10.4. The third-order valence-corrected chi connectivity index (χ3v) is 24.6. The molecule has 0 saturated heterocycles. The first kappa shape index (κ1) is 54.1. The van der Waals surface area contributed by atoms with E-state index in [1.54, 1.807) is 6.07 Å². The molecule has 0 heterocycles. The molecule has 66 heavy (non-hydrogen) atoms. The van der Waals surface area contributed by atoms with Gasteiger partial charge in [0, 0.05) is 24.0 Å². The molecule has 0 aliphatic heterocycles. The first-order valence-electron chi connectivity index (χ1n) is 21.5. The number of hydrogen-bond acceptors (Lipinski definition) is 2. The molecule has 9 aromatic rings. The Morgan fingerprint density at radius 3 is 0.530 bits per heavy atom. The summed E-state index contributed by atoms with van der Waals surface area (Å²) >= 11 is 4.81. The molecule has 0 atom stereocenters. The van der Waals surface area contributed by atoms with E-state index < -0.39 is 31.7 Å². The van der Waals surface area contributed by atoms with Crippen LogP contribution in [-0.4, -0.2) is 11.8 Å². The summed E-state index contributed by atoms with van der Waals surface area (Å²) in [5.41, 5.74) is 0. The first-order chi connectivity index (χ1) is 31.6. The zero-order valence-electron chi connectivity index (χ0n) is 36.9. The van der Waals surface area contributed by atoms with Gasteiger partial charge in [-0.2, -0.15) is 10.2 Å². The Morgan fingerprint density at radius 2 is 0.424 bits per heavy atom. The molecule has 0 unspecified atom stereocenters. The molecule has 0 aromatic heterocycles. The van der Waals surface area contributed by atoms with E-state index in [9.17, 15) is 0 Å². The molecule has 1 radical (unpaired) electrons. The van der Waals surface area contributed by atoms with Crippen molar-refractivity contribution in [1.29, 1.82) is 5.26 Å². The van der Waals surface area contributed by atoms with Gasteiger partial charge in [0.2, 0.25) is 0 Å². The monoisotopic (exact) mass is 1050 g/mol. The second-order valence-electron chi connectivity index (χ2n) is 14.7. The molecule has 8 heteroatoms. The van der Waals surface area contributed by atoms with Gasteiger partial charge in [0.1, 0.15) is 74.1 Å². The maximum Gasteiger partial charge on any atom is 1.00 e. The number of nitrogens with zero attached hydrogens (tertiary/aromatic N) is 1. The fourth-order valence-electron chi connectivity index (χ4n) is 7.37. The Kier molecular flexibility index (Phi) is 25.7. The van der Waals surface area contributed by atoms with Crippen molar-refractivity contribution < 1.29 is 34.1 Å². The van der Waals surface area contributed by atoms with Crippen LogP contribution in [0.15, 0.2) is 278 Å². The van der Waals surface area contributed by atoms with Crippen LogP contribution in [0.2, 0.25) is 0 Å². The Balaban J connectivity index is 0.000000233. The van der Waals surface area contributed by atoms with Crippen molar-refractivity contribution in [2.75, 3.05) is 11.8 Å². The van der Waals surface area contributed by atoms with Crippen molar-refractivity contribution in [3.63, 3.8) is 0 Å². The average molecular weight is 1050 g/mol. The number of rotatable bonds is 12. The van der Waals surface area contributed by atoms with E-state index in [-0.39, 0.29) is 34.1 Å². The second kappa shape index (κ2) is 31.4. The molecular weight excluding hydrogens is 994 g/mol. The van der Waals surface area contributed by atoms with Crippen LogP contribution in [-0.2, 0) is 46.8 Å². The van der Waals surface area contributed by atoms with E-state index in [1.807, 2.05) is 30.3 Å².